The van der Waals surface area contributed by atoms with Crippen LogP contribution in [0.5, 0.6) is 5.75 Å². The van der Waals surface area contributed by atoms with Crippen LogP contribution in [0.25, 0.3) is 22.0 Å². The van der Waals surface area contributed by atoms with E-state index >= 15 is 0 Å². The topological polar surface area (TPSA) is 73.9 Å². The number of nitrogens with zero attached hydrogens (tertiary/aromatic N) is 1. The number of aromatic nitrogens is 3. The molecule has 4 rings (SSSR count). The fourth-order valence-corrected chi connectivity index (χ4v) is 3.06. The lowest BCUT2D eigenvalue weighted by Gasteiger charge is -2.10. The Hall–Kier alpha value is -1.69. The first kappa shape index (κ1) is 13.9. The summed E-state index contributed by atoms with van der Waals surface area (Å²) in [5.74, 6) is 0.864. The predicted octanol–water partition coefficient (Wildman–Crippen LogP) is 3.62. The van der Waals surface area contributed by atoms with Gasteiger partial charge in [0.2, 0.25) is 0 Å². The number of fused-ring (bicyclic) bond motifs is 1. The lowest BCUT2D eigenvalue weighted by Crippen LogP contribution is -2.03. The average Bonchev–Trinajstić information content (AvgIpc) is 2.94. The van der Waals surface area contributed by atoms with Gasteiger partial charge in [-0.15, -0.1) is 0 Å². The van der Waals surface area contributed by atoms with Crippen molar-refractivity contribution >= 4 is 34.1 Å². The van der Waals surface area contributed by atoms with Crippen molar-refractivity contribution in [3.8, 4) is 16.9 Å². The number of hydrogen-bond donors (Lipinski definition) is 3. The molecule has 1 fully saturated rings. The van der Waals surface area contributed by atoms with Crippen molar-refractivity contribution in [3.63, 3.8) is 0 Å². The highest BCUT2D eigenvalue weighted by Crippen LogP contribution is 2.44. The third-order valence-corrected chi connectivity index (χ3v) is 4.78. The summed E-state index contributed by atoms with van der Waals surface area (Å²) < 4.78 is 6.02. The first-order valence-electron chi connectivity index (χ1n) is 6.94. The number of H-pyrrole nitrogens is 2. The summed E-state index contributed by atoms with van der Waals surface area (Å²) in [4.78, 5) is 3.16. The van der Waals surface area contributed by atoms with Gasteiger partial charge < -0.3 is 14.8 Å². The van der Waals surface area contributed by atoms with Crippen LogP contribution in [0.1, 0.15) is 6.42 Å². The van der Waals surface area contributed by atoms with Gasteiger partial charge in [0.05, 0.1) is 27.1 Å². The van der Waals surface area contributed by atoms with E-state index in [0.717, 1.165) is 28.5 Å². The Bertz CT molecular complexity index is 829. The molecule has 1 aliphatic rings. The lowest BCUT2D eigenvalue weighted by atomic mass is 10.1. The molecule has 3 aromatic rings. The fraction of sp³-hybridized carbons (Fsp3) is 0.267. The largest absolute Gasteiger partial charge is 0.489 e. The molecule has 7 heteroatoms. The number of aliphatic hydroxyl groups is 1. The van der Waals surface area contributed by atoms with E-state index in [0.29, 0.717) is 15.8 Å². The molecule has 0 saturated heterocycles. The molecule has 2 unspecified atom stereocenters. The molecule has 0 bridgehead atoms. The van der Waals surface area contributed by atoms with E-state index in [1.54, 1.807) is 12.3 Å². The quantitative estimate of drug-likeness (QED) is 0.680. The summed E-state index contributed by atoms with van der Waals surface area (Å²) in [6, 6.07) is 1.73. The summed E-state index contributed by atoms with van der Waals surface area (Å²) in [7, 11) is 0. The molecule has 2 atom stereocenters. The number of benzene rings is 1. The summed E-state index contributed by atoms with van der Waals surface area (Å²) >= 11 is 12.5. The van der Waals surface area contributed by atoms with Gasteiger partial charge in [-0.05, 0) is 6.42 Å². The highest BCUT2D eigenvalue weighted by Gasteiger charge is 2.39. The van der Waals surface area contributed by atoms with E-state index < -0.39 is 0 Å². The van der Waals surface area contributed by atoms with Crippen LogP contribution >= 0.6 is 23.2 Å². The van der Waals surface area contributed by atoms with E-state index in [4.69, 9.17) is 27.9 Å². The maximum atomic E-state index is 9.19. The van der Waals surface area contributed by atoms with Crippen LogP contribution in [0.15, 0.2) is 24.7 Å². The summed E-state index contributed by atoms with van der Waals surface area (Å²) in [5.41, 5.74) is 2.61. The van der Waals surface area contributed by atoms with Gasteiger partial charge in [-0.3, -0.25) is 5.10 Å². The number of halogens is 2. The standard InChI is InChI=1S/C15H13Cl2N3O2/c16-10-2-12(22-11-1-7(11)6-21)13-9(8-3-19-20-4-8)5-18-15(13)14(10)17/h2-5,7,11,18,21H,1,6H2,(H,19,20). The molecule has 114 valence electrons. The van der Waals surface area contributed by atoms with Gasteiger partial charge in [-0.25, -0.2) is 0 Å². The summed E-state index contributed by atoms with van der Waals surface area (Å²) in [5, 5.41) is 17.7. The van der Waals surface area contributed by atoms with Crippen LogP contribution in [0.3, 0.4) is 0 Å². The molecule has 5 nitrogen and oxygen atoms in total. The number of aliphatic hydroxyl groups excluding tert-OH is 1. The number of aromatic amines is 2. The number of hydrogen-bond acceptors (Lipinski definition) is 3. The Labute approximate surface area is 136 Å². The number of rotatable bonds is 4. The molecule has 1 saturated carbocycles. The molecule has 3 N–H and O–H groups in total. The second kappa shape index (κ2) is 5.19. The second-order valence-corrected chi connectivity index (χ2v) is 6.23. The lowest BCUT2D eigenvalue weighted by molar-refractivity contribution is 0.226. The first-order valence-corrected chi connectivity index (χ1v) is 7.70. The van der Waals surface area contributed by atoms with E-state index in [1.807, 2.05) is 12.4 Å². The van der Waals surface area contributed by atoms with Crippen molar-refractivity contribution in [2.24, 2.45) is 5.92 Å². The SMILES string of the molecule is OCC1CC1Oc1cc(Cl)c(Cl)c2[nH]cc(-c3cn[nH]c3)c12. The van der Waals surface area contributed by atoms with E-state index in [1.165, 1.54) is 0 Å². The molecule has 0 radical (unpaired) electrons. The monoisotopic (exact) mass is 337 g/mol. The van der Waals surface area contributed by atoms with Crippen LogP contribution in [-0.2, 0) is 0 Å². The van der Waals surface area contributed by atoms with Crippen LogP contribution < -0.4 is 4.74 Å². The van der Waals surface area contributed by atoms with Crippen molar-refractivity contribution in [2.45, 2.75) is 12.5 Å². The molecule has 1 aromatic carbocycles. The molecule has 1 aliphatic carbocycles. The van der Waals surface area contributed by atoms with Crippen molar-refractivity contribution < 1.29 is 9.84 Å². The zero-order chi connectivity index (χ0) is 15.3. The van der Waals surface area contributed by atoms with Gasteiger partial charge >= 0.3 is 0 Å². The van der Waals surface area contributed by atoms with Crippen LogP contribution in [-0.4, -0.2) is 33.0 Å². The Morgan fingerprint density at radius 3 is 2.91 bits per heavy atom. The maximum Gasteiger partial charge on any atom is 0.131 e. The zero-order valence-corrected chi connectivity index (χ0v) is 12.9. The molecule has 22 heavy (non-hydrogen) atoms. The van der Waals surface area contributed by atoms with Crippen LogP contribution in [0, 0.1) is 5.92 Å². The molecule has 0 spiro atoms. The van der Waals surface area contributed by atoms with E-state index in [-0.39, 0.29) is 18.6 Å². The van der Waals surface area contributed by atoms with Crippen LogP contribution in [0.2, 0.25) is 10.0 Å². The van der Waals surface area contributed by atoms with Gasteiger partial charge in [0, 0.05) is 42.1 Å². The normalized spacial score (nSPS) is 20.5. The third-order valence-electron chi connectivity index (χ3n) is 3.99. The maximum absolute atomic E-state index is 9.19. The Morgan fingerprint density at radius 1 is 1.36 bits per heavy atom. The second-order valence-electron chi connectivity index (χ2n) is 5.44. The summed E-state index contributed by atoms with van der Waals surface area (Å²) in [6.45, 7) is 0.136. The minimum Gasteiger partial charge on any atom is -0.489 e. The predicted molar refractivity (Wildman–Crippen MR) is 85.5 cm³/mol. The van der Waals surface area contributed by atoms with Crippen LogP contribution in [0.4, 0.5) is 0 Å². The average molecular weight is 338 g/mol. The fourth-order valence-electron chi connectivity index (χ4n) is 2.66. The van der Waals surface area contributed by atoms with Crippen molar-refractivity contribution in [2.75, 3.05) is 6.61 Å². The van der Waals surface area contributed by atoms with Crippen molar-refractivity contribution in [1.29, 1.82) is 0 Å². The van der Waals surface area contributed by atoms with Gasteiger partial charge in [0.1, 0.15) is 11.9 Å². The molecular weight excluding hydrogens is 325 g/mol. The van der Waals surface area contributed by atoms with Gasteiger partial charge in [-0.1, -0.05) is 23.2 Å². The number of nitrogens with one attached hydrogen (secondary N) is 2. The summed E-state index contributed by atoms with van der Waals surface area (Å²) in [6.07, 6.45) is 6.29. The van der Waals surface area contributed by atoms with Gasteiger partial charge in [0.25, 0.3) is 0 Å². The van der Waals surface area contributed by atoms with Crippen molar-refractivity contribution in [1.82, 2.24) is 15.2 Å². The molecule has 2 heterocycles. The zero-order valence-electron chi connectivity index (χ0n) is 11.4. The third kappa shape index (κ3) is 2.17. The first-order chi connectivity index (χ1) is 10.7. The minimum atomic E-state index is 0.0255. The van der Waals surface area contributed by atoms with Crippen molar-refractivity contribution in [3.05, 3.63) is 34.7 Å². The van der Waals surface area contributed by atoms with E-state index in [2.05, 4.69) is 15.2 Å². The van der Waals surface area contributed by atoms with Gasteiger partial charge in [0.15, 0.2) is 0 Å². The Morgan fingerprint density at radius 2 is 2.23 bits per heavy atom. The Balaban J connectivity index is 1.87. The van der Waals surface area contributed by atoms with Gasteiger partial charge in [-0.2, -0.15) is 5.10 Å². The molecule has 2 aromatic heterocycles. The highest BCUT2D eigenvalue weighted by atomic mass is 35.5. The highest BCUT2D eigenvalue weighted by molar-refractivity contribution is 6.45. The van der Waals surface area contributed by atoms with E-state index in [9.17, 15) is 5.11 Å². The minimum absolute atomic E-state index is 0.0255. The Kier molecular flexibility index (Phi) is 3.29. The molecule has 0 amide bonds. The number of ether oxygens (including phenoxy) is 1. The molecule has 0 aliphatic heterocycles. The molecular formula is C15H13Cl2N3O2. The smallest absolute Gasteiger partial charge is 0.131 e.